The molecule has 7 rings (SSSR count). The molecule has 1 aromatic heterocycles. The molecule has 0 radical (unpaired) electrons. The van der Waals surface area contributed by atoms with E-state index in [1.165, 1.54) is 31.2 Å². The molecule has 0 saturated carbocycles. The Morgan fingerprint density at radius 1 is 0.578 bits per heavy atom. The lowest BCUT2D eigenvalue weighted by molar-refractivity contribution is -0.357. The highest BCUT2D eigenvalue weighted by Crippen LogP contribution is 2.39. The van der Waals surface area contributed by atoms with Crippen molar-refractivity contribution in [1.29, 1.82) is 0 Å². The molecule has 64 heavy (non-hydrogen) atoms. The zero-order chi connectivity index (χ0) is 46.5. The molecule has 5 heterocycles. The lowest BCUT2D eigenvalue weighted by Gasteiger charge is -2.45. The van der Waals surface area contributed by atoms with E-state index in [0.717, 1.165) is 12.1 Å². The summed E-state index contributed by atoms with van der Waals surface area (Å²) in [5, 5.41) is 156. The Balaban J connectivity index is 1.20. The van der Waals surface area contributed by atoms with Crippen molar-refractivity contribution in [2.75, 3.05) is 19.8 Å². The van der Waals surface area contributed by atoms with E-state index >= 15 is 0 Å². The number of aliphatic hydroxyl groups is 13. The van der Waals surface area contributed by atoms with Gasteiger partial charge >= 0.3 is 0 Å². The number of ether oxygens (including phenoxy) is 8. The summed E-state index contributed by atoms with van der Waals surface area (Å²) in [6.07, 6.45) is -34.8. The number of aliphatic hydroxyl groups excluding tert-OH is 13. The van der Waals surface area contributed by atoms with Crippen LogP contribution in [0.4, 0.5) is 0 Å². The molecule has 4 aliphatic heterocycles. The lowest BCUT2D eigenvalue weighted by Crippen LogP contribution is -2.65. The van der Waals surface area contributed by atoms with Crippen LogP contribution in [0.2, 0.25) is 0 Å². The minimum absolute atomic E-state index is 0.0492. The van der Waals surface area contributed by atoms with Gasteiger partial charge in [0.2, 0.25) is 23.8 Å². The van der Waals surface area contributed by atoms with Crippen molar-refractivity contribution in [2.45, 2.75) is 130 Å². The van der Waals surface area contributed by atoms with E-state index in [4.69, 9.17) is 42.3 Å². The van der Waals surface area contributed by atoms with Crippen LogP contribution in [-0.2, 0) is 28.4 Å². The van der Waals surface area contributed by atoms with Gasteiger partial charge in [-0.2, -0.15) is 0 Å². The second kappa shape index (κ2) is 19.5. The maximum Gasteiger partial charge on any atom is 0.239 e. The molecule has 4 saturated heterocycles. The van der Waals surface area contributed by atoms with Crippen molar-refractivity contribution >= 4 is 11.0 Å². The van der Waals surface area contributed by atoms with Gasteiger partial charge in [-0.15, -0.1) is 0 Å². The number of phenols is 2. The maximum atomic E-state index is 14.3. The molecule has 25 nitrogen and oxygen atoms in total. The number of hydrogen-bond acceptors (Lipinski definition) is 25. The molecule has 356 valence electrons. The van der Waals surface area contributed by atoms with Crippen LogP contribution >= 0.6 is 0 Å². The molecule has 0 amide bonds. The smallest absolute Gasteiger partial charge is 0.239 e. The summed E-state index contributed by atoms with van der Waals surface area (Å²) in [5.41, 5.74) is -1.49. The quantitative estimate of drug-likeness (QED) is 0.0804. The van der Waals surface area contributed by atoms with Gasteiger partial charge in [0, 0.05) is 17.7 Å². The Bertz CT molecular complexity index is 2100. The third-order valence-corrected chi connectivity index (χ3v) is 11.4. The molecule has 2 aromatic carbocycles. The Morgan fingerprint density at radius 2 is 1.12 bits per heavy atom. The summed E-state index contributed by atoms with van der Waals surface area (Å²) in [7, 11) is 0. The summed E-state index contributed by atoms with van der Waals surface area (Å²) in [6, 6.07) is 6.94. The molecular formula is C39H50O25. The van der Waals surface area contributed by atoms with Crippen molar-refractivity contribution in [3.8, 4) is 34.3 Å². The van der Waals surface area contributed by atoms with E-state index in [9.17, 15) is 81.4 Å². The molecule has 20 atom stereocenters. The van der Waals surface area contributed by atoms with Crippen LogP contribution < -0.4 is 14.9 Å². The molecule has 0 bridgehead atoms. The molecule has 20 unspecified atom stereocenters. The first-order valence-corrected chi connectivity index (χ1v) is 19.9. The largest absolute Gasteiger partial charge is 0.508 e. The summed E-state index contributed by atoms with van der Waals surface area (Å²) in [5.74, 6) is -2.59. The van der Waals surface area contributed by atoms with Gasteiger partial charge in [-0.05, 0) is 31.2 Å². The third kappa shape index (κ3) is 9.25. The van der Waals surface area contributed by atoms with E-state index in [-0.39, 0.29) is 17.1 Å². The highest BCUT2D eigenvalue weighted by Gasteiger charge is 2.52. The normalized spacial score (nSPS) is 40.6. The summed E-state index contributed by atoms with van der Waals surface area (Å²) in [4.78, 5) is 14.3. The van der Waals surface area contributed by atoms with E-state index in [2.05, 4.69) is 0 Å². The summed E-state index contributed by atoms with van der Waals surface area (Å²) in [6.45, 7) is -0.969. The van der Waals surface area contributed by atoms with Crippen molar-refractivity contribution in [3.63, 3.8) is 0 Å². The van der Waals surface area contributed by atoms with Crippen LogP contribution in [-0.4, -0.2) is 219 Å². The number of fused-ring (bicyclic) bond motifs is 1. The van der Waals surface area contributed by atoms with Crippen LogP contribution in [0.3, 0.4) is 0 Å². The zero-order valence-electron chi connectivity index (χ0n) is 33.4. The molecular weight excluding hydrogens is 868 g/mol. The topological polar surface area (TPSA) is 408 Å². The number of benzene rings is 2. The Labute approximate surface area is 360 Å². The Kier molecular flexibility index (Phi) is 14.6. The Morgan fingerprint density at radius 3 is 1.77 bits per heavy atom. The fraction of sp³-hybridized carbons (Fsp3) is 0.615. The zero-order valence-corrected chi connectivity index (χ0v) is 33.4. The molecule has 15 N–H and O–H groups in total. The van der Waals surface area contributed by atoms with Crippen molar-refractivity contribution < 1.29 is 119 Å². The highest BCUT2D eigenvalue weighted by atomic mass is 16.8. The molecule has 3 aromatic rings. The van der Waals surface area contributed by atoms with Crippen molar-refractivity contribution in [1.82, 2.24) is 0 Å². The fourth-order valence-corrected chi connectivity index (χ4v) is 7.61. The minimum Gasteiger partial charge on any atom is -0.508 e. The average Bonchev–Trinajstić information content (AvgIpc) is 3.27. The van der Waals surface area contributed by atoms with Crippen LogP contribution in [0.5, 0.6) is 23.0 Å². The van der Waals surface area contributed by atoms with Gasteiger partial charge in [0.05, 0.1) is 25.9 Å². The molecule has 4 fully saturated rings. The summed E-state index contributed by atoms with van der Waals surface area (Å²) < 4.78 is 51.2. The first kappa shape index (κ1) is 48.0. The first-order chi connectivity index (χ1) is 30.3. The van der Waals surface area contributed by atoms with Gasteiger partial charge in [-0.1, -0.05) is 0 Å². The first-order valence-electron chi connectivity index (χ1n) is 19.9. The SMILES string of the molecule is CC1OC(OCC2OC(Oc3c(-c4ccc(O)cc4)oc4cc(OC5OC(CO)C(O)C(O)C5OC5OC(CO)C(O)C(O)C5O)cc(O)c4c3=O)C(O)C(O)C2O)C(O)C(O)C1O. The van der Waals surface area contributed by atoms with Gasteiger partial charge in [-0.3, -0.25) is 4.79 Å². The molecule has 4 aliphatic rings. The van der Waals surface area contributed by atoms with Crippen molar-refractivity contribution in [2.24, 2.45) is 0 Å². The van der Waals surface area contributed by atoms with Gasteiger partial charge in [0.25, 0.3) is 0 Å². The summed E-state index contributed by atoms with van der Waals surface area (Å²) >= 11 is 0. The van der Waals surface area contributed by atoms with E-state index in [1.54, 1.807) is 0 Å². The minimum atomic E-state index is -2.06. The predicted octanol–water partition coefficient (Wildman–Crippen LogP) is -6.10. The lowest BCUT2D eigenvalue weighted by atomic mass is 9.97. The molecule has 25 heteroatoms. The third-order valence-electron chi connectivity index (χ3n) is 11.4. The van der Waals surface area contributed by atoms with Crippen LogP contribution in [0.25, 0.3) is 22.3 Å². The highest BCUT2D eigenvalue weighted by molar-refractivity contribution is 5.88. The molecule has 0 spiro atoms. The maximum absolute atomic E-state index is 14.3. The number of aromatic hydroxyl groups is 2. The van der Waals surface area contributed by atoms with Crippen LogP contribution in [0.1, 0.15) is 6.92 Å². The second-order valence-electron chi connectivity index (χ2n) is 15.7. The molecule has 0 aliphatic carbocycles. The fourth-order valence-electron chi connectivity index (χ4n) is 7.61. The van der Waals surface area contributed by atoms with Crippen molar-refractivity contribution in [3.05, 3.63) is 46.6 Å². The van der Waals surface area contributed by atoms with Crippen LogP contribution in [0, 0.1) is 0 Å². The van der Waals surface area contributed by atoms with Gasteiger partial charge in [0.15, 0.2) is 24.4 Å². The van der Waals surface area contributed by atoms with Gasteiger partial charge in [0.1, 0.15) is 114 Å². The van der Waals surface area contributed by atoms with Gasteiger partial charge < -0.3 is 119 Å². The second-order valence-corrected chi connectivity index (χ2v) is 15.7. The van der Waals surface area contributed by atoms with E-state index in [1.807, 2.05) is 0 Å². The number of phenolic OH excluding ortho intramolecular Hbond substituents is 2. The van der Waals surface area contributed by atoms with E-state index in [0.29, 0.717) is 0 Å². The van der Waals surface area contributed by atoms with Gasteiger partial charge in [-0.25, -0.2) is 0 Å². The monoisotopic (exact) mass is 918 g/mol. The number of hydrogen-bond donors (Lipinski definition) is 15. The van der Waals surface area contributed by atoms with Crippen LogP contribution in [0.15, 0.2) is 45.6 Å². The Hall–Kier alpha value is -3.91. The average molecular weight is 919 g/mol. The van der Waals surface area contributed by atoms with E-state index < -0.39 is 176 Å². The number of rotatable bonds is 12. The standard InChI is InChI=1S/C39H50O25/c1-11-21(44)26(49)30(53)36(57-11)56-10-19-24(47)28(51)32(55)38(62-19)63-34-25(48)20-15(43)6-14(7-16(20)59-33(34)12-2-4-13(42)5-3-12)58-39-35(29(52)23(46)18(9-41)61-39)64-37-31(54)27(50)22(45)17(8-40)60-37/h2-7,11,17-19,21-24,26-32,35-47,49-55H,8-10H2,1H3. The predicted molar refractivity (Wildman–Crippen MR) is 204 cm³/mol.